The fourth-order valence-corrected chi connectivity index (χ4v) is 3.73. The highest BCUT2D eigenvalue weighted by Crippen LogP contribution is 2.26. The second-order valence-electron chi connectivity index (χ2n) is 6.84. The van der Waals surface area contributed by atoms with Crippen molar-refractivity contribution in [2.75, 3.05) is 6.61 Å². The molecule has 0 radical (unpaired) electrons. The molecule has 0 aliphatic heterocycles. The molecule has 5 heteroatoms. The van der Waals surface area contributed by atoms with Crippen LogP contribution in [0.4, 0.5) is 0 Å². The zero-order valence-electron chi connectivity index (χ0n) is 15.5. The van der Waals surface area contributed by atoms with Crippen LogP contribution in [0.3, 0.4) is 0 Å². The highest BCUT2D eigenvalue weighted by atomic mass is 127. The van der Waals surface area contributed by atoms with Gasteiger partial charge >= 0.3 is 11.9 Å². The number of carbonyl (C=O) groups excluding carboxylic acids is 2. The van der Waals surface area contributed by atoms with Crippen molar-refractivity contribution in [1.29, 1.82) is 0 Å². The summed E-state index contributed by atoms with van der Waals surface area (Å²) in [6.07, 6.45) is 9.07. The summed E-state index contributed by atoms with van der Waals surface area (Å²) in [7, 11) is 0. The van der Waals surface area contributed by atoms with Gasteiger partial charge in [0.05, 0.1) is 6.61 Å². The van der Waals surface area contributed by atoms with Gasteiger partial charge < -0.3 is 9.47 Å². The Hall–Kier alpha value is -1.37. The maximum atomic E-state index is 12.4. The minimum absolute atomic E-state index is 0.222. The number of carbonyl (C=O) groups is 2. The molecule has 1 aliphatic carbocycles. The van der Waals surface area contributed by atoms with E-state index >= 15 is 0 Å². The van der Waals surface area contributed by atoms with Crippen LogP contribution in [0.15, 0.2) is 35.9 Å². The van der Waals surface area contributed by atoms with Crippen LogP contribution in [0, 0.1) is 5.92 Å². The van der Waals surface area contributed by atoms with Crippen LogP contribution in [0.25, 0.3) is 0 Å². The Morgan fingerprint density at radius 2 is 1.92 bits per heavy atom. The number of allylic oxidation sites excluding steroid dienone is 1. The number of hydrogen-bond donors (Lipinski definition) is 0. The van der Waals surface area contributed by atoms with Crippen LogP contribution in [0.2, 0.25) is 0 Å². The second kappa shape index (κ2) is 10.7. The predicted octanol–water partition coefficient (Wildman–Crippen LogP) is 5.49. The van der Waals surface area contributed by atoms with Crippen molar-refractivity contribution < 1.29 is 19.1 Å². The maximum Gasteiger partial charge on any atom is 0.341 e. The lowest BCUT2D eigenvalue weighted by Crippen LogP contribution is -2.15. The molecule has 0 spiro atoms. The number of ether oxygens (including phenoxy) is 2. The normalized spacial score (nSPS) is 16.8. The SMILES string of the molecule is C/C(=C\C(C)I)C(=O)Oc1ccccc1C(=O)OCCC1CCCCC1. The van der Waals surface area contributed by atoms with E-state index in [0.29, 0.717) is 23.7 Å². The first-order chi connectivity index (χ1) is 12.5. The van der Waals surface area contributed by atoms with Crippen molar-refractivity contribution in [1.82, 2.24) is 0 Å². The molecule has 1 aromatic carbocycles. The first kappa shape index (κ1) is 20.9. The number of esters is 2. The lowest BCUT2D eigenvalue weighted by atomic mass is 9.87. The first-order valence-electron chi connectivity index (χ1n) is 9.28. The van der Waals surface area contributed by atoms with E-state index < -0.39 is 11.9 Å². The van der Waals surface area contributed by atoms with Gasteiger partial charge in [-0.25, -0.2) is 9.59 Å². The molecule has 0 N–H and O–H groups in total. The molecule has 1 unspecified atom stereocenters. The fourth-order valence-electron chi connectivity index (χ4n) is 3.19. The number of hydrogen-bond acceptors (Lipinski definition) is 4. The molecule has 1 fully saturated rings. The van der Waals surface area contributed by atoms with Gasteiger partial charge in [-0.1, -0.05) is 72.9 Å². The van der Waals surface area contributed by atoms with Gasteiger partial charge in [-0.15, -0.1) is 0 Å². The number of rotatable bonds is 7. The summed E-state index contributed by atoms with van der Waals surface area (Å²) in [4.78, 5) is 24.6. The van der Waals surface area contributed by atoms with Gasteiger partial charge in [-0.2, -0.15) is 0 Å². The summed E-state index contributed by atoms with van der Waals surface area (Å²) in [6.45, 7) is 4.11. The molecule has 0 saturated heterocycles. The molecular weight excluding hydrogens is 443 g/mol. The summed E-state index contributed by atoms with van der Waals surface area (Å²) in [5.41, 5.74) is 0.812. The van der Waals surface area contributed by atoms with E-state index in [-0.39, 0.29) is 9.67 Å². The quantitative estimate of drug-likeness (QED) is 0.174. The Morgan fingerprint density at radius 1 is 1.23 bits per heavy atom. The summed E-state index contributed by atoms with van der Waals surface area (Å²) in [5.74, 6) is 0.0192. The van der Waals surface area contributed by atoms with Crippen molar-refractivity contribution in [2.45, 2.75) is 56.3 Å². The van der Waals surface area contributed by atoms with Gasteiger partial charge in [0.2, 0.25) is 0 Å². The van der Waals surface area contributed by atoms with Crippen LogP contribution >= 0.6 is 22.6 Å². The largest absolute Gasteiger partial charge is 0.462 e. The van der Waals surface area contributed by atoms with Gasteiger partial charge in [-0.05, 0) is 38.3 Å². The van der Waals surface area contributed by atoms with Crippen LogP contribution in [-0.4, -0.2) is 22.5 Å². The van der Waals surface area contributed by atoms with E-state index in [1.807, 2.05) is 13.0 Å². The van der Waals surface area contributed by atoms with Crippen molar-refractivity contribution in [3.8, 4) is 5.75 Å². The fraction of sp³-hybridized carbons (Fsp3) is 0.524. The van der Waals surface area contributed by atoms with Gasteiger partial charge in [0.25, 0.3) is 0 Å². The molecule has 1 saturated carbocycles. The Labute approximate surface area is 169 Å². The topological polar surface area (TPSA) is 52.6 Å². The minimum atomic E-state index is -0.448. The third-order valence-corrected chi connectivity index (χ3v) is 4.95. The van der Waals surface area contributed by atoms with E-state index in [1.54, 1.807) is 31.2 Å². The molecule has 0 bridgehead atoms. The third kappa shape index (κ3) is 6.74. The summed E-state index contributed by atoms with van der Waals surface area (Å²) >= 11 is 2.21. The van der Waals surface area contributed by atoms with Crippen molar-refractivity contribution in [3.05, 3.63) is 41.5 Å². The lowest BCUT2D eigenvalue weighted by Gasteiger charge is -2.21. The van der Waals surface area contributed by atoms with E-state index in [4.69, 9.17) is 9.47 Å². The molecular formula is C21H27IO4. The van der Waals surface area contributed by atoms with Gasteiger partial charge in [0, 0.05) is 9.50 Å². The number of benzene rings is 1. The minimum Gasteiger partial charge on any atom is -0.462 e. The van der Waals surface area contributed by atoms with Crippen molar-refractivity contribution >= 4 is 34.5 Å². The standard InChI is InChI=1S/C21H27IO4/c1-15(14-16(2)22)20(23)26-19-11-7-6-10-18(19)21(24)25-13-12-17-8-4-3-5-9-17/h6-7,10-11,14,16-17H,3-5,8-9,12-13H2,1-2H3/b15-14+. The lowest BCUT2D eigenvalue weighted by molar-refractivity contribution is -0.130. The maximum absolute atomic E-state index is 12.4. The monoisotopic (exact) mass is 470 g/mol. The molecule has 2 rings (SSSR count). The van der Waals surface area contributed by atoms with E-state index in [1.165, 1.54) is 32.1 Å². The second-order valence-corrected chi connectivity index (χ2v) is 8.81. The van der Waals surface area contributed by atoms with Crippen molar-refractivity contribution in [2.24, 2.45) is 5.92 Å². The Kier molecular flexibility index (Phi) is 8.62. The van der Waals surface area contributed by atoms with Crippen LogP contribution in [0.1, 0.15) is 62.7 Å². The number of halogens is 1. The van der Waals surface area contributed by atoms with E-state index in [2.05, 4.69) is 22.6 Å². The van der Waals surface area contributed by atoms with Crippen LogP contribution in [-0.2, 0) is 9.53 Å². The molecule has 1 atom stereocenters. The molecule has 0 heterocycles. The smallest absolute Gasteiger partial charge is 0.341 e. The van der Waals surface area contributed by atoms with Gasteiger partial charge in [0.15, 0.2) is 0 Å². The zero-order valence-corrected chi connectivity index (χ0v) is 17.7. The van der Waals surface area contributed by atoms with E-state index in [0.717, 1.165) is 6.42 Å². The Balaban J connectivity index is 1.94. The van der Waals surface area contributed by atoms with Gasteiger partial charge in [0.1, 0.15) is 11.3 Å². The molecule has 1 aromatic rings. The van der Waals surface area contributed by atoms with Crippen LogP contribution in [0.5, 0.6) is 5.75 Å². The molecule has 1 aliphatic rings. The summed E-state index contributed by atoms with van der Waals surface area (Å²) in [6, 6.07) is 6.73. The number of alkyl halides is 1. The van der Waals surface area contributed by atoms with Crippen molar-refractivity contribution in [3.63, 3.8) is 0 Å². The highest BCUT2D eigenvalue weighted by Gasteiger charge is 2.18. The zero-order chi connectivity index (χ0) is 18.9. The summed E-state index contributed by atoms with van der Waals surface area (Å²) < 4.78 is 11.1. The molecule has 26 heavy (non-hydrogen) atoms. The third-order valence-electron chi connectivity index (χ3n) is 4.60. The Bertz CT molecular complexity index is 645. The first-order valence-corrected chi connectivity index (χ1v) is 10.5. The molecule has 0 aromatic heterocycles. The predicted molar refractivity (Wildman–Crippen MR) is 111 cm³/mol. The molecule has 0 amide bonds. The highest BCUT2D eigenvalue weighted by molar-refractivity contribution is 14.1. The van der Waals surface area contributed by atoms with Crippen LogP contribution < -0.4 is 4.74 Å². The Morgan fingerprint density at radius 3 is 2.62 bits per heavy atom. The molecule has 4 nitrogen and oxygen atoms in total. The van der Waals surface area contributed by atoms with Gasteiger partial charge in [-0.3, -0.25) is 0 Å². The average molecular weight is 470 g/mol. The summed E-state index contributed by atoms with van der Waals surface area (Å²) in [5, 5.41) is 0. The number of para-hydroxylation sites is 1. The molecule has 142 valence electrons. The van der Waals surface area contributed by atoms with E-state index in [9.17, 15) is 9.59 Å². The average Bonchev–Trinajstić information content (AvgIpc) is 2.62.